The summed E-state index contributed by atoms with van der Waals surface area (Å²) in [6, 6.07) is 25.3. The Balaban J connectivity index is 1.63. The van der Waals surface area contributed by atoms with Crippen LogP contribution in [0.1, 0.15) is 16.7 Å². The molecule has 0 aliphatic carbocycles. The quantitative estimate of drug-likeness (QED) is 0.522. The largest absolute Gasteiger partial charge is 0.493 e. The zero-order valence-electron chi connectivity index (χ0n) is 17.8. The normalized spacial score (nSPS) is 10.4. The van der Waals surface area contributed by atoms with E-state index in [0.717, 1.165) is 16.7 Å². The van der Waals surface area contributed by atoms with Crippen molar-refractivity contribution in [3.05, 3.63) is 95.6 Å². The van der Waals surface area contributed by atoms with E-state index in [-0.39, 0.29) is 6.03 Å². The van der Waals surface area contributed by atoms with Gasteiger partial charge in [0.2, 0.25) is 0 Å². The molecule has 0 aliphatic rings. The highest BCUT2D eigenvalue weighted by molar-refractivity contribution is 5.74. The number of urea groups is 1. The molecule has 3 N–H and O–H groups in total. The van der Waals surface area contributed by atoms with Crippen LogP contribution in [0.2, 0.25) is 0 Å². The summed E-state index contributed by atoms with van der Waals surface area (Å²) in [7, 11) is 1.61. The molecule has 0 spiro atoms. The van der Waals surface area contributed by atoms with E-state index in [2.05, 4.69) is 5.32 Å². The van der Waals surface area contributed by atoms with Gasteiger partial charge in [0, 0.05) is 26.2 Å². The van der Waals surface area contributed by atoms with Gasteiger partial charge in [0.05, 0.1) is 7.11 Å². The Morgan fingerprint density at radius 3 is 2.23 bits per heavy atom. The molecule has 6 heteroatoms. The predicted octanol–water partition coefficient (Wildman–Crippen LogP) is 3.94. The van der Waals surface area contributed by atoms with E-state index in [0.29, 0.717) is 44.3 Å². The van der Waals surface area contributed by atoms with Crippen LogP contribution >= 0.6 is 0 Å². The third-order valence-corrected chi connectivity index (χ3v) is 4.81. The summed E-state index contributed by atoms with van der Waals surface area (Å²) in [6.45, 7) is 2.19. The Bertz CT molecular complexity index is 949. The maximum absolute atomic E-state index is 12.7. The Morgan fingerprint density at radius 1 is 0.903 bits per heavy atom. The van der Waals surface area contributed by atoms with Crippen LogP contribution < -0.4 is 20.5 Å². The molecule has 2 amide bonds. The van der Waals surface area contributed by atoms with E-state index < -0.39 is 0 Å². The van der Waals surface area contributed by atoms with Crippen molar-refractivity contribution in [3.8, 4) is 11.5 Å². The van der Waals surface area contributed by atoms with E-state index in [4.69, 9.17) is 15.2 Å². The molecule has 0 unspecified atom stereocenters. The number of nitrogens with zero attached hydrogens (tertiary/aromatic N) is 1. The molecular formula is C25H29N3O3. The van der Waals surface area contributed by atoms with Gasteiger partial charge in [-0.2, -0.15) is 0 Å². The number of benzene rings is 3. The molecule has 3 rings (SSSR count). The molecule has 162 valence electrons. The van der Waals surface area contributed by atoms with Gasteiger partial charge < -0.3 is 25.4 Å². The lowest BCUT2D eigenvalue weighted by atomic mass is 10.2. The zero-order chi connectivity index (χ0) is 21.9. The molecule has 0 saturated carbocycles. The number of carbonyl (C=O) groups is 1. The maximum Gasteiger partial charge on any atom is 0.318 e. The summed E-state index contributed by atoms with van der Waals surface area (Å²) in [4.78, 5) is 14.4. The molecule has 6 nitrogen and oxygen atoms in total. The molecule has 0 aromatic heterocycles. The highest BCUT2D eigenvalue weighted by Crippen LogP contribution is 2.29. The first-order valence-corrected chi connectivity index (χ1v) is 10.3. The minimum Gasteiger partial charge on any atom is -0.493 e. The van der Waals surface area contributed by atoms with E-state index in [9.17, 15) is 4.79 Å². The Kier molecular flexibility index (Phi) is 8.31. The zero-order valence-corrected chi connectivity index (χ0v) is 17.8. The molecule has 0 fully saturated rings. The van der Waals surface area contributed by atoms with Gasteiger partial charge in [0.25, 0.3) is 0 Å². The molecule has 0 saturated heterocycles. The number of hydrogen-bond donors (Lipinski definition) is 2. The van der Waals surface area contributed by atoms with Crippen molar-refractivity contribution in [2.24, 2.45) is 5.73 Å². The van der Waals surface area contributed by atoms with Crippen LogP contribution in [0.15, 0.2) is 78.9 Å². The summed E-state index contributed by atoms with van der Waals surface area (Å²) in [5.74, 6) is 1.29. The number of ether oxygens (including phenoxy) is 2. The molecule has 0 heterocycles. The summed E-state index contributed by atoms with van der Waals surface area (Å²) >= 11 is 0. The molecule has 31 heavy (non-hydrogen) atoms. The lowest BCUT2D eigenvalue weighted by Crippen LogP contribution is -2.41. The first kappa shape index (κ1) is 22.2. The van der Waals surface area contributed by atoms with E-state index in [1.54, 1.807) is 12.0 Å². The number of nitrogens with two attached hydrogens (primary N) is 1. The van der Waals surface area contributed by atoms with Crippen molar-refractivity contribution in [1.82, 2.24) is 10.2 Å². The van der Waals surface area contributed by atoms with Crippen molar-refractivity contribution in [2.45, 2.75) is 19.7 Å². The lowest BCUT2D eigenvalue weighted by molar-refractivity contribution is 0.196. The number of carbonyl (C=O) groups excluding carboxylic acids is 1. The summed E-state index contributed by atoms with van der Waals surface area (Å²) in [6.07, 6.45) is 0. The maximum atomic E-state index is 12.7. The van der Waals surface area contributed by atoms with Gasteiger partial charge in [-0.05, 0) is 28.8 Å². The molecular weight excluding hydrogens is 390 g/mol. The smallest absolute Gasteiger partial charge is 0.318 e. The van der Waals surface area contributed by atoms with E-state index in [1.165, 1.54) is 0 Å². The number of rotatable bonds is 10. The van der Waals surface area contributed by atoms with E-state index >= 15 is 0 Å². The van der Waals surface area contributed by atoms with E-state index in [1.807, 2.05) is 78.9 Å². The molecule has 3 aromatic carbocycles. The van der Waals surface area contributed by atoms with Crippen LogP contribution in [0.4, 0.5) is 4.79 Å². The number of methoxy groups -OCH3 is 1. The summed E-state index contributed by atoms with van der Waals surface area (Å²) < 4.78 is 11.4. The fourth-order valence-corrected chi connectivity index (χ4v) is 3.18. The van der Waals surface area contributed by atoms with Crippen molar-refractivity contribution in [3.63, 3.8) is 0 Å². The average molecular weight is 420 g/mol. The fourth-order valence-electron chi connectivity index (χ4n) is 3.18. The number of hydrogen-bond acceptors (Lipinski definition) is 4. The average Bonchev–Trinajstić information content (AvgIpc) is 2.82. The van der Waals surface area contributed by atoms with Crippen molar-refractivity contribution in [2.75, 3.05) is 20.2 Å². The minimum atomic E-state index is -0.155. The Labute approximate surface area is 183 Å². The first-order valence-electron chi connectivity index (χ1n) is 10.3. The monoisotopic (exact) mass is 419 g/mol. The van der Waals surface area contributed by atoms with Crippen LogP contribution in [0.5, 0.6) is 11.5 Å². The summed E-state index contributed by atoms with van der Waals surface area (Å²) in [5.41, 5.74) is 8.80. The molecule has 0 aliphatic heterocycles. The van der Waals surface area contributed by atoms with Gasteiger partial charge >= 0.3 is 6.03 Å². The SMILES string of the molecule is COc1cc(CN(CCN)C(=O)NCc2ccccc2)ccc1OCc1ccccc1. The third kappa shape index (κ3) is 6.76. The topological polar surface area (TPSA) is 76.8 Å². The van der Waals surface area contributed by atoms with Gasteiger partial charge in [-0.1, -0.05) is 66.7 Å². The third-order valence-electron chi connectivity index (χ3n) is 4.81. The highest BCUT2D eigenvalue weighted by Gasteiger charge is 2.15. The van der Waals surface area contributed by atoms with Crippen molar-refractivity contribution >= 4 is 6.03 Å². The second-order valence-electron chi connectivity index (χ2n) is 7.11. The van der Waals surface area contributed by atoms with Gasteiger partial charge in [-0.3, -0.25) is 0 Å². The van der Waals surface area contributed by atoms with Crippen LogP contribution in [0.25, 0.3) is 0 Å². The second kappa shape index (κ2) is 11.6. The van der Waals surface area contributed by atoms with Crippen LogP contribution in [0.3, 0.4) is 0 Å². The summed E-state index contributed by atoms with van der Waals surface area (Å²) in [5, 5.41) is 2.96. The van der Waals surface area contributed by atoms with Crippen LogP contribution in [0, 0.1) is 0 Å². The molecule has 3 aromatic rings. The van der Waals surface area contributed by atoms with Crippen molar-refractivity contribution in [1.29, 1.82) is 0 Å². The number of amides is 2. The number of nitrogens with one attached hydrogen (secondary N) is 1. The Morgan fingerprint density at radius 2 is 1.58 bits per heavy atom. The lowest BCUT2D eigenvalue weighted by Gasteiger charge is -2.23. The van der Waals surface area contributed by atoms with Gasteiger partial charge in [0.15, 0.2) is 11.5 Å². The standard InChI is InChI=1S/C25H29N3O3/c1-30-24-16-22(12-13-23(24)31-19-21-10-6-3-7-11-21)18-28(15-14-26)25(29)27-17-20-8-4-2-5-9-20/h2-13,16H,14-15,17-19,26H2,1H3,(H,27,29). The molecule has 0 bridgehead atoms. The van der Waals surface area contributed by atoms with Gasteiger partial charge in [0.1, 0.15) is 6.61 Å². The van der Waals surface area contributed by atoms with Gasteiger partial charge in [-0.15, -0.1) is 0 Å². The van der Waals surface area contributed by atoms with Crippen LogP contribution in [-0.4, -0.2) is 31.1 Å². The second-order valence-corrected chi connectivity index (χ2v) is 7.11. The van der Waals surface area contributed by atoms with Gasteiger partial charge in [-0.25, -0.2) is 4.79 Å². The highest BCUT2D eigenvalue weighted by atomic mass is 16.5. The molecule has 0 atom stereocenters. The Hall–Kier alpha value is -3.51. The first-order chi connectivity index (χ1) is 15.2. The fraction of sp³-hybridized carbons (Fsp3) is 0.240. The van der Waals surface area contributed by atoms with Crippen LogP contribution in [-0.2, 0) is 19.7 Å². The van der Waals surface area contributed by atoms with Crippen molar-refractivity contribution < 1.29 is 14.3 Å². The molecule has 0 radical (unpaired) electrons. The minimum absolute atomic E-state index is 0.155. The predicted molar refractivity (Wildman–Crippen MR) is 122 cm³/mol.